The number of anilines is 1. The Morgan fingerprint density at radius 3 is 2.55 bits per heavy atom. The molecule has 6 heteroatoms. The Morgan fingerprint density at radius 2 is 1.90 bits per heavy atom. The molecule has 3 rings (SSSR count). The number of amides is 1. The van der Waals surface area contributed by atoms with E-state index in [1.54, 1.807) is 6.07 Å². The summed E-state index contributed by atoms with van der Waals surface area (Å²) < 4.78 is 1.38. The van der Waals surface area contributed by atoms with Gasteiger partial charge < -0.3 is 15.2 Å². The molecule has 0 spiro atoms. The molecule has 0 atom stereocenters. The fraction of sp³-hybridized carbons (Fsp3) is 0.571. The third-order valence-electron chi connectivity index (χ3n) is 4.04. The van der Waals surface area contributed by atoms with E-state index in [0.29, 0.717) is 5.69 Å². The molecule has 1 saturated heterocycles. The summed E-state index contributed by atoms with van der Waals surface area (Å²) in [6, 6.07) is 3.70. The Labute approximate surface area is 117 Å². The van der Waals surface area contributed by atoms with Gasteiger partial charge in [-0.2, -0.15) is 0 Å². The first-order valence-electron chi connectivity index (χ1n) is 7.11. The minimum atomic E-state index is -0.191. The number of aromatic nitrogens is 1. The van der Waals surface area contributed by atoms with E-state index in [-0.39, 0.29) is 18.0 Å². The number of piperazine rings is 1. The van der Waals surface area contributed by atoms with Crippen LogP contribution in [-0.2, 0) is 11.3 Å². The summed E-state index contributed by atoms with van der Waals surface area (Å²) in [6.07, 6.45) is 4.12. The molecular formula is C14H20N4O2. The van der Waals surface area contributed by atoms with Crippen molar-refractivity contribution in [3.8, 4) is 0 Å². The molecule has 1 aromatic heterocycles. The van der Waals surface area contributed by atoms with Crippen molar-refractivity contribution < 1.29 is 4.79 Å². The SMILES string of the molecule is Nc1ccc(=O)n(CC(=O)N2CCN(C3CC3)CC2)c1. The molecule has 2 fully saturated rings. The summed E-state index contributed by atoms with van der Waals surface area (Å²) in [5.74, 6) is -0.00635. The predicted octanol–water partition coefficient (Wildman–Crippen LogP) is -0.263. The van der Waals surface area contributed by atoms with Crippen LogP contribution in [0.15, 0.2) is 23.1 Å². The van der Waals surface area contributed by atoms with Crippen LogP contribution in [-0.4, -0.2) is 52.5 Å². The highest BCUT2D eigenvalue weighted by Crippen LogP contribution is 2.27. The zero-order valence-corrected chi connectivity index (χ0v) is 11.5. The average Bonchev–Trinajstić information content (AvgIpc) is 3.27. The zero-order chi connectivity index (χ0) is 14.1. The van der Waals surface area contributed by atoms with Gasteiger partial charge in [0.2, 0.25) is 5.91 Å². The fourth-order valence-corrected chi connectivity index (χ4v) is 2.70. The van der Waals surface area contributed by atoms with Gasteiger partial charge in [-0.05, 0) is 18.9 Å². The highest BCUT2D eigenvalue weighted by molar-refractivity contribution is 5.76. The van der Waals surface area contributed by atoms with Crippen molar-refractivity contribution in [1.29, 1.82) is 0 Å². The quantitative estimate of drug-likeness (QED) is 0.825. The second-order valence-corrected chi connectivity index (χ2v) is 5.58. The summed E-state index contributed by atoms with van der Waals surface area (Å²) in [5.41, 5.74) is 5.95. The molecule has 2 aliphatic rings. The second-order valence-electron chi connectivity index (χ2n) is 5.58. The summed E-state index contributed by atoms with van der Waals surface area (Å²) >= 11 is 0. The van der Waals surface area contributed by atoms with Gasteiger partial charge in [-0.1, -0.05) is 0 Å². The number of carbonyl (C=O) groups is 1. The number of nitrogens with two attached hydrogens (primary N) is 1. The summed E-state index contributed by atoms with van der Waals surface area (Å²) in [6.45, 7) is 3.48. The number of rotatable bonds is 3. The van der Waals surface area contributed by atoms with Crippen LogP contribution in [0.5, 0.6) is 0 Å². The predicted molar refractivity (Wildman–Crippen MR) is 76.3 cm³/mol. The standard InChI is InChI=1S/C14H20N4O2/c15-11-1-4-13(19)18(9-11)10-14(20)17-7-5-16(6-8-17)12-2-3-12/h1,4,9,12H,2-3,5-8,10,15H2. The molecule has 20 heavy (non-hydrogen) atoms. The van der Waals surface area contributed by atoms with Crippen LogP contribution in [0.1, 0.15) is 12.8 Å². The number of carbonyl (C=O) groups excluding carboxylic acids is 1. The van der Waals surface area contributed by atoms with Gasteiger partial charge in [0.1, 0.15) is 6.54 Å². The first-order valence-corrected chi connectivity index (χ1v) is 7.11. The molecule has 6 nitrogen and oxygen atoms in total. The molecule has 1 amide bonds. The van der Waals surface area contributed by atoms with Gasteiger partial charge in [0, 0.05) is 50.2 Å². The van der Waals surface area contributed by atoms with E-state index in [2.05, 4.69) is 4.90 Å². The van der Waals surface area contributed by atoms with Crippen LogP contribution in [0.2, 0.25) is 0 Å². The maximum Gasteiger partial charge on any atom is 0.251 e. The van der Waals surface area contributed by atoms with E-state index >= 15 is 0 Å². The Morgan fingerprint density at radius 1 is 1.20 bits per heavy atom. The number of hydrogen-bond donors (Lipinski definition) is 1. The molecule has 2 N–H and O–H groups in total. The normalized spacial score (nSPS) is 20.1. The molecule has 108 valence electrons. The van der Waals surface area contributed by atoms with Crippen molar-refractivity contribution in [2.75, 3.05) is 31.9 Å². The van der Waals surface area contributed by atoms with E-state index in [0.717, 1.165) is 32.2 Å². The number of pyridine rings is 1. The molecule has 1 aromatic rings. The summed E-state index contributed by atoms with van der Waals surface area (Å²) in [7, 11) is 0. The number of nitrogens with zero attached hydrogens (tertiary/aromatic N) is 3. The Bertz CT molecular complexity index is 557. The van der Waals surface area contributed by atoms with Crippen molar-refractivity contribution in [3.63, 3.8) is 0 Å². The van der Waals surface area contributed by atoms with Crippen molar-refractivity contribution in [3.05, 3.63) is 28.7 Å². The first kappa shape index (κ1) is 13.2. The molecule has 1 saturated carbocycles. The second kappa shape index (κ2) is 5.28. The molecule has 0 bridgehead atoms. The van der Waals surface area contributed by atoms with Crippen molar-refractivity contribution >= 4 is 11.6 Å². The minimum Gasteiger partial charge on any atom is -0.398 e. The van der Waals surface area contributed by atoms with Gasteiger partial charge >= 0.3 is 0 Å². The molecule has 2 heterocycles. The van der Waals surface area contributed by atoms with Crippen molar-refractivity contribution in [1.82, 2.24) is 14.4 Å². The van der Waals surface area contributed by atoms with E-state index in [1.807, 2.05) is 4.90 Å². The van der Waals surface area contributed by atoms with Crippen LogP contribution in [0.4, 0.5) is 5.69 Å². The van der Waals surface area contributed by atoms with Crippen molar-refractivity contribution in [2.24, 2.45) is 0 Å². The Balaban J connectivity index is 1.59. The summed E-state index contributed by atoms with van der Waals surface area (Å²) in [5, 5.41) is 0. The molecule has 1 aliphatic heterocycles. The zero-order valence-electron chi connectivity index (χ0n) is 11.5. The lowest BCUT2D eigenvalue weighted by Crippen LogP contribution is -2.50. The van der Waals surface area contributed by atoms with Crippen LogP contribution in [0, 0.1) is 0 Å². The molecule has 0 unspecified atom stereocenters. The van der Waals surface area contributed by atoms with Crippen LogP contribution < -0.4 is 11.3 Å². The first-order chi connectivity index (χ1) is 9.63. The topological polar surface area (TPSA) is 71.6 Å². The highest BCUT2D eigenvalue weighted by Gasteiger charge is 2.32. The Kier molecular flexibility index (Phi) is 3.48. The maximum absolute atomic E-state index is 12.2. The van der Waals surface area contributed by atoms with Gasteiger partial charge in [-0.25, -0.2) is 0 Å². The van der Waals surface area contributed by atoms with E-state index in [1.165, 1.54) is 29.7 Å². The average molecular weight is 276 g/mol. The van der Waals surface area contributed by atoms with E-state index in [4.69, 9.17) is 5.73 Å². The van der Waals surface area contributed by atoms with Gasteiger partial charge in [0.15, 0.2) is 0 Å². The largest absolute Gasteiger partial charge is 0.398 e. The lowest BCUT2D eigenvalue weighted by atomic mass is 10.3. The van der Waals surface area contributed by atoms with Crippen LogP contribution in [0.3, 0.4) is 0 Å². The van der Waals surface area contributed by atoms with Gasteiger partial charge in [-0.3, -0.25) is 14.5 Å². The van der Waals surface area contributed by atoms with Gasteiger partial charge in [0.05, 0.1) is 0 Å². The minimum absolute atomic E-state index is 0.00635. The number of hydrogen-bond acceptors (Lipinski definition) is 4. The fourth-order valence-electron chi connectivity index (χ4n) is 2.70. The summed E-state index contributed by atoms with van der Waals surface area (Å²) in [4.78, 5) is 28.2. The molecule has 1 aliphatic carbocycles. The van der Waals surface area contributed by atoms with E-state index in [9.17, 15) is 9.59 Å². The third-order valence-corrected chi connectivity index (χ3v) is 4.04. The molecular weight excluding hydrogens is 256 g/mol. The molecule has 0 radical (unpaired) electrons. The highest BCUT2D eigenvalue weighted by atomic mass is 16.2. The molecule has 0 aromatic carbocycles. The van der Waals surface area contributed by atoms with Crippen molar-refractivity contribution in [2.45, 2.75) is 25.4 Å². The maximum atomic E-state index is 12.2. The van der Waals surface area contributed by atoms with Gasteiger partial charge in [-0.15, -0.1) is 0 Å². The Hall–Kier alpha value is -1.82. The van der Waals surface area contributed by atoms with E-state index < -0.39 is 0 Å². The smallest absolute Gasteiger partial charge is 0.251 e. The van der Waals surface area contributed by atoms with Crippen LogP contribution in [0.25, 0.3) is 0 Å². The van der Waals surface area contributed by atoms with Crippen LogP contribution >= 0.6 is 0 Å². The van der Waals surface area contributed by atoms with Gasteiger partial charge in [0.25, 0.3) is 5.56 Å². The lowest BCUT2D eigenvalue weighted by molar-refractivity contribution is -0.133. The monoisotopic (exact) mass is 276 g/mol. The number of nitrogen functional groups attached to an aromatic ring is 1. The lowest BCUT2D eigenvalue weighted by Gasteiger charge is -2.34. The third kappa shape index (κ3) is 2.85.